The van der Waals surface area contributed by atoms with Gasteiger partial charge >= 0.3 is 5.97 Å². The maximum Gasteiger partial charge on any atom is 0.335 e. The molecule has 0 atom stereocenters. The lowest BCUT2D eigenvalue weighted by atomic mass is 9.88. The van der Waals surface area contributed by atoms with E-state index in [1.165, 1.54) is 18.4 Å². The fourth-order valence-electron chi connectivity index (χ4n) is 2.65. The summed E-state index contributed by atoms with van der Waals surface area (Å²) in [5.41, 5.74) is 1.65. The smallest absolute Gasteiger partial charge is 0.335 e. The molecule has 1 saturated heterocycles. The second kappa shape index (κ2) is 6.92. The topological polar surface area (TPSA) is 40.5 Å². The second-order valence-electron chi connectivity index (χ2n) is 5.33. The average Bonchev–Trinajstić information content (AvgIpc) is 2.39. The molecule has 1 N–H and O–H groups in total. The molecule has 1 fully saturated rings. The zero-order valence-corrected chi connectivity index (χ0v) is 12.3. The van der Waals surface area contributed by atoms with Crippen molar-refractivity contribution in [2.75, 3.05) is 13.1 Å². The lowest BCUT2D eigenvalue weighted by Gasteiger charge is -2.34. The number of aromatic carboxylic acids is 1. The van der Waals surface area contributed by atoms with Crippen molar-refractivity contribution in [3.8, 4) is 0 Å². The van der Waals surface area contributed by atoms with Crippen LogP contribution in [0.5, 0.6) is 0 Å². The molecule has 0 bridgehead atoms. The summed E-state index contributed by atoms with van der Waals surface area (Å²) < 4.78 is 0. The Kier molecular flexibility index (Phi) is 5.83. The molecule has 0 aromatic heterocycles. The predicted octanol–water partition coefficient (Wildman–Crippen LogP) is 3.39. The molecule has 0 aliphatic carbocycles. The Hall–Kier alpha value is -1.06. The number of rotatable bonds is 3. The predicted molar refractivity (Wildman–Crippen MR) is 79.3 cm³/mol. The first-order valence-corrected chi connectivity index (χ1v) is 6.65. The van der Waals surface area contributed by atoms with Gasteiger partial charge in [0.1, 0.15) is 0 Å². The lowest BCUT2D eigenvalue weighted by molar-refractivity contribution is 0.0697. The van der Waals surface area contributed by atoms with Crippen LogP contribution in [0.25, 0.3) is 0 Å². The highest BCUT2D eigenvalue weighted by atomic mass is 35.5. The summed E-state index contributed by atoms with van der Waals surface area (Å²) >= 11 is 0. The molecule has 1 heterocycles. The molecule has 0 spiro atoms. The quantitative estimate of drug-likeness (QED) is 0.924. The largest absolute Gasteiger partial charge is 0.478 e. The molecule has 2 rings (SSSR count). The fraction of sp³-hybridized carbons (Fsp3) is 0.533. The fourth-order valence-corrected chi connectivity index (χ4v) is 2.65. The zero-order valence-electron chi connectivity index (χ0n) is 11.5. The number of piperidine rings is 1. The zero-order chi connectivity index (χ0) is 13.1. The highest BCUT2D eigenvalue weighted by Gasteiger charge is 2.21. The summed E-state index contributed by atoms with van der Waals surface area (Å²) in [5, 5.41) is 8.88. The van der Waals surface area contributed by atoms with E-state index >= 15 is 0 Å². The molecule has 1 aliphatic rings. The van der Waals surface area contributed by atoms with Gasteiger partial charge in [-0.3, -0.25) is 0 Å². The van der Waals surface area contributed by atoms with Crippen LogP contribution in [0.1, 0.15) is 48.5 Å². The van der Waals surface area contributed by atoms with Crippen molar-refractivity contribution in [2.45, 2.75) is 38.6 Å². The van der Waals surface area contributed by atoms with Gasteiger partial charge in [0, 0.05) is 6.04 Å². The van der Waals surface area contributed by atoms with E-state index < -0.39 is 5.97 Å². The Balaban J connectivity index is 0.00000180. The van der Waals surface area contributed by atoms with Crippen molar-refractivity contribution in [1.82, 2.24) is 4.90 Å². The number of likely N-dealkylation sites (tertiary alicyclic amines) is 1. The van der Waals surface area contributed by atoms with Gasteiger partial charge in [0.05, 0.1) is 5.56 Å². The van der Waals surface area contributed by atoms with Gasteiger partial charge in [-0.25, -0.2) is 4.79 Å². The van der Waals surface area contributed by atoms with E-state index in [0.717, 1.165) is 13.1 Å². The van der Waals surface area contributed by atoms with Crippen LogP contribution in [0.4, 0.5) is 0 Å². The number of nitrogens with zero attached hydrogens (tertiary/aromatic N) is 1. The van der Waals surface area contributed by atoms with Crippen molar-refractivity contribution in [3.63, 3.8) is 0 Å². The van der Waals surface area contributed by atoms with Gasteiger partial charge in [0.2, 0.25) is 0 Å². The number of carboxylic acids is 1. The summed E-state index contributed by atoms with van der Waals surface area (Å²) in [6.45, 7) is 6.76. The highest BCUT2D eigenvalue weighted by molar-refractivity contribution is 5.87. The van der Waals surface area contributed by atoms with Crippen LogP contribution in [0.2, 0.25) is 0 Å². The molecule has 1 aliphatic heterocycles. The van der Waals surface area contributed by atoms with Crippen molar-refractivity contribution in [2.24, 2.45) is 0 Å². The maximum absolute atomic E-state index is 10.8. The van der Waals surface area contributed by atoms with E-state index in [4.69, 9.17) is 5.11 Å². The molecule has 19 heavy (non-hydrogen) atoms. The van der Waals surface area contributed by atoms with Gasteiger partial charge in [-0.2, -0.15) is 0 Å². The lowest BCUT2D eigenvalue weighted by Crippen LogP contribution is -2.37. The van der Waals surface area contributed by atoms with Crippen molar-refractivity contribution in [3.05, 3.63) is 35.4 Å². The maximum atomic E-state index is 10.8. The third-order valence-electron chi connectivity index (χ3n) is 3.89. The van der Waals surface area contributed by atoms with E-state index in [1.807, 2.05) is 12.1 Å². The monoisotopic (exact) mass is 283 g/mol. The van der Waals surface area contributed by atoms with Gasteiger partial charge < -0.3 is 10.0 Å². The van der Waals surface area contributed by atoms with Gasteiger partial charge in [-0.15, -0.1) is 12.4 Å². The van der Waals surface area contributed by atoms with Crippen LogP contribution in [0, 0.1) is 0 Å². The van der Waals surface area contributed by atoms with Crippen LogP contribution in [0.3, 0.4) is 0 Å². The number of carboxylic acid groups (broad SMARTS) is 1. The van der Waals surface area contributed by atoms with Crippen LogP contribution in [-0.4, -0.2) is 35.1 Å². The molecule has 106 valence electrons. The van der Waals surface area contributed by atoms with Crippen molar-refractivity contribution >= 4 is 18.4 Å². The molecule has 4 heteroatoms. The third kappa shape index (κ3) is 3.95. The first-order valence-electron chi connectivity index (χ1n) is 6.65. The Bertz CT molecular complexity index is 409. The Morgan fingerprint density at radius 1 is 1.21 bits per heavy atom. The number of halogens is 1. The van der Waals surface area contributed by atoms with Crippen LogP contribution >= 0.6 is 12.4 Å². The van der Waals surface area contributed by atoms with Crippen LogP contribution in [-0.2, 0) is 0 Å². The number of hydrogen-bond acceptors (Lipinski definition) is 2. The molecule has 0 saturated carbocycles. The number of hydrogen-bond donors (Lipinski definition) is 1. The molecular formula is C15H22ClNO2. The van der Waals surface area contributed by atoms with Crippen LogP contribution < -0.4 is 0 Å². The summed E-state index contributed by atoms with van der Waals surface area (Å²) in [6, 6.07) is 8.00. The Labute approximate surface area is 121 Å². The molecular weight excluding hydrogens is 262 g/mol. The Morgan fingerprint density at radius 3 is 2.16 bits per heavy atom. The van der Waals surface area contributed by atoms with Crippen LogP contribution in [0.15, 0.2) is 24.3 Å². The van der Waals surface area contributed by atoms with E-state index in [2.05, 4.69) is 18.7 Å². The molecule has 0 unspecified atom stereocenters. The minimum absolute atomic E-state index is 0. The summed E-state index contributed by atoms with van der Waals surface area (Å²) in [7, 11) is 0. The number of benzene rings is 1. The first kappa shape index (κ1) is 16.0. The molecule has 1 aromatic rings. The normalized spacial score (nSPS) is 17.2. The Morgan fingerprint density at radius 2 is 1.74 bits per heavy atom. The average molecular weight is 284 g/mol. The molecule has 1 aromatic carbocycles. The van der Waals surface area contributed by atoms with E-state index in [1.54, 1.807) is 12.1 Å². The van der Waals surface area contributed by atoms with Gasteiger partial charge in [-0.1, -0.05) is 12.1 Å². The summed E-state index contributed by atoms with van der Waals surface area (Å²) in [4.78, 5) is 13.3. The minimum Gasteiger partial charge on any atom is -0.478 e. The summed E-state index contributed by atoms with van der Waals surface area (Å²) in [6.07, 6.45) is 2.34. The van der Waals surface area contributed by atoms with E-state index in [9.17, 15) is 4.79 Å². The summed E-state index contributed by atoms with van der Waals surface area (Å²) in [5.74, 6) is -0.265. The molecule has 3 nitrogen and oxygen atoms in total. The van der Waals surface area contributed by atoms with Gasteiger partial charge in [0.15, 0.2) is 0 Å². The van der Waals surface area contributed by atoms with E-state index in [0.29, 0.717) is 17.5 Å². The van der Waals surface area contributed by atoms with Crippen molar-refractivity contribution < 1.29 is 9.90 Å². The van der Waals surface area contributed by atoms with Gasteiger partial charge in [0.25, 0.3) is 0 Å². The first-order chi connectivity index (χ1) is 8.58. The highest BCUT2D eigenvalue weighted by Crippen LogP contribution is 2.28. The van der Waals surface area contributed by atoms with Crippen molar-refractivity contribution in [1.29, 1.82) is 0 Å². The standard InChI is InChI=1S/C15H21NO2.ClH/c1-11(2)16-9-7-13(8-10-16)12-3-5-14(6-4-12)15(17)18;/h3-6,11,13H,7-10H2,1-2H3,(H,17,18);1H. The van der Waals surface area contributed by atoms with Gasteiger partial charge in [-0.05, 0) is 63.4 Å². The number of carbonyl (C=O) groups is 1. The molecule has 0 amide bonds. The third-order valence-corrected chi connectivity index (χ3v) is 3.89. The molecule has 0 radical (unpaired) electrons. The SMILES string of the molecule is CC(C)N1CCC(c2ccc(C(=O)O)cc2)CC1.Cl. The second-order valence-corrected chi connectivity index (χ2v) is 5.33. The van der Waals surface area contributed by atoms with E-state index in [-0.39, 0.29) is 12.4 Å². The minimum atomic E-state index is -0.851.